The number of rotatable bonds is 4. The van der Waals surface area contributed by atoms with Gasteiger partial charge in [-0.3, -0.25) is 0 Å². The summed E-state index contributed by atoms with van der Waals surface area (Å²) in [5.41, 5.74) is 4.27. The number of H-pyrrole nitrogens is 1. The molecule has 3 heteroatoms. The van der Waals surface area contributed by atoms with Crippen molar-refractivity contribution in [1.82, 2.24) is 4.98 Å². The first-order chi connectivity index (χ1) is 9.58. The zero-order chi connectivity index (χ0) is 14.7. The number of hydrogen-bond donors (Lipinski definition) is 1. The van der Waals surface area contributed by atoms with Gasteiger partial charge in [0.2, 0.25) is 0 Å². The number of aromatic nitrogens is 1. The van der Waals surface area contributed by atoms with E-state index in [-0.39, 0.29) is 5.92 Å². The molecule has 1 aromatic carbocycles. The Balaban J connectivity index is 2.56. The molecule has 0 aliphatic heterocycles. The molecule has 1 N–H and O–H groups in total. The normalized spacial score (nSPS) is 12.2. The van der Waals surface area contributed by atoms with E-state index >= 15 is 0 Å². The maximum Gasteiger partial charge on any atom is 0.122 e. The number of methoxy groups -OCH3 is 1. The van der Waals surface area contributed by atoms with Crippen LogP contribution in [0.5, 0.6) is 5.75 Å². The lowest BCUT2D eigenvalue weighted by Gasteiger charge is -2.18. The van der Waals surface area contributed by atoms with Crippen LogP contribution in [0.4, 0.5) is 0 Å². The predicted molar refractivity (Wildman–Crippen MR) is 80.1 cm³/mol. The van der Waals surface area contributed by atoms with Crippen LogP contribution in [0.25, 0.3) is 0 Å². The molecule has 0 amide bonds. The van der Waals surface area contributed by atoms with Gasteiger partial charge in [0.25, 0.3) is 0 Å². The van der Waals surface area contributed by atoms with Gasteiger partial charge in [-0.25, -0.2) is 0 Å². The third-order valence-electron chi connectivity index (χ3n) is 3.64. The van der Waals surface area contributed by atoms with Gasteiger partial charge < -0.3 is 9.72 Å². The summed E-state index contributed by atoms with van der Waals surface area (Å²) in [6.07, 6.45) is 3.73. The van der Waals surface area contributed by atoms with Crippen molar-refractivity contribution in [2.24, 2.45) is 0 Å². The van der Waals surface area contributed by atoms with E-state index in [1.54, 1.807) is 7.11 Å². The average molecular weight is 268 g/mol. The van der Waals surface area contributed by atoms with E-state index < -0.39 is 0 Å². The Morgan fingerprint density at radius 1 is 1.25 bits per heavy atom. The molecule has 20 heavy (non-hydrogen) atoms. The molecule has 0 aliphatic rings. The quantitative estimate of drug-likeness (QED) is 0.907. The summed E-state index contributed by atoms with van der Waals surface area (Å²) < 4.78 is 5.46. The standard InChI is InChI=1S/C17H20N2O/c1-11(2)14-8-15(12(3)7-17(14)20-4)16(9-18)13-5-6-19-10-13/h5-8,10-11,16,19H,1-4H3. The SMILES string of the molecule is COc1cc(C)c(C(C#N)c2cc[nH]c2)cc1C(C)C. The molecule has 1 unspecified atom stereocenters. The van der Waals surface area contributed by atoms with Crippen LogP contribution < -0.4 is 4.74 Å². The first-order valence-electron chi connectivity index (χ1n) is 6.79. The summed E-state index contributed by atoms with van der Waals surface area (Å²) >= 11 is 0. The molecule has 2 rings (SSSR count). The number of nitrogens with one attached hydrogen (secondary N) is 1. The van der Waals surface area contributed by atoms with Crippen molar-refractivity contribution in [2.75, 3.05) is 7.11 Å². The Morgan fingerprint density at radius 3 is 2.50 bits per heavy atom. The summed E-state index contributed by atoms with van der Waals surface area (Å²) in [5, 5.41) is 9.54. The van der Waals surface area contributed by atoms with E-state index in [1.807, 2.05) is 31.5 Å². The molecule has 0 saturated heterocycles. The molecule has 104 valence electrons. The van der Waals surface area contributed by atoms with Crippen molar-refractivity contribution < 1.29 is 4.74 Å². The lowest BCUT2D eigenvalue weighted by molar-refractivity contribution is 0.407. The van der Waals surface area contributed by atoms with E-state index in [9.17, 15) is 5.26 Å². The van der Waals surface area contributed by atoms with E-state index in [0.29, 0.717) is 5.92 Å². The summed E-state index contributed by atoms with van der Waals surface area (Å²) in [5.74, 6) is 1.01. The van der Waals surface area contributed by atoms with Crippen LogP contribution >= 0.6 is 0 Å². The summed E-state index contributed by atoms with van der Waals surface area (Å²) in [7, 11) is 1.69. The fourth-order valence-electron chi connectivity index (χ4n) is 2.49. The molecule has 0 saturated carbocycles. The Hall–Kier alpha value is -2.21. The predicted octanol–water partition coefficient (Wildman–Crippen LogP) is 4.11. The van der Waals surface area contributed by atoms with Gasteiger partial charge in [0.15, 0.2) is 0 Å². The fourth-order valence-corrected chi connectivity index (χ4v) is 2.49. The van der Waals surface area contributed by atoms with E-state index in [4.69, 9.17) is 4.74 Å². The van der Waals surface area contributed by atoms with Crippen molar-refractivity contribution in [2.45, 2.75) is 32.6 Å². The first kappa shape index (κ1) is 14.2. The molecule has 1 heterocycles. The van der Waals surface area contributed by atoms with Crippen molar-refractivity contribution in [1.29, 1.82) is 5.26 Å². The molecule has 1 atom stereocenters. The van der Waals surface area contributed by atoms with Gasteiger partial charge in [0.05, 0.1) is 19.1 Å². The van der Waals surface area contributed by atoms with Gasteiger partial charge in [-0.2, -0.15) is 5.26 Å². The fraction of sp³-hybridized carbons (Fsp3) is 0.353. The second-order valence-corrected chi connectivity index (χ2v) is 5.31. The highest BCUT2D eigenvalue weighted by molar-refractivity contribution is 5.49. The highest BCUT2D eigenvalue weighted by Crippen LogP contribution is 2.34. The molecular weight excluding hydrogens is 248 g/mol. The Labute approximate surface area is 120 Å². The molecule has 3 nitrogen and oxygen atoms in total. The van der Waals surface area contributed by atoms with Gasteiger partial charge in [-0.05, 0) is 53.3 Å². The Kier molecular flexibility index (Phi) is 4.14. The van der Waals surface area contributed by atoms with E-state index in [1.165, 1.54) is 0 Å². The minimum Gasteiger partial charge on any atom is -0.496 e. The number of benzene rings is 1. The van der Waals surface area contributed by atoms with Crippen molar-refractivity contribution in [3.8, 4) is 11.8 Å². The topological polar surface area (TPSA) is 48.8 Å². The maximum absolute atomic E-state index is 9.54. The van der Waals surface area contributed by atoms with Gasteiger partial charge in [-0.1, -0.05) is 13.8 Å². The second-order valence-electron chi connectivity index (χ2n) is 5.31. The van der Waals surface area contributed by atoms with Crippen LogP contribution in [-0.4, -0.2) is 12.1 Å². The van der Waals surface area contributed by atoms with Crippen LogP contribution in [0.2, 0.25) is 0 Å². The molecule has 0 bridgehead atoms. The van der Waals surface area contributed by atoms with Gasteiger partial charge >= 0.3 is 0 Å². The minimum atomic E-state index is -0.246. The highest BCUT2D eigenvalue weighted by atomic mass is 16.5. The molecular formula is C17H20N2O. The molecule has 0 spiro atoms. The summed E-state index contributed by atoms with van der Waals surface area (Å²) in [4.78, 5) is 3.02. The molecule has 0 aliphatic carbocycles. The van der Waals surface area contributed by atoms with Crippen molar-refractivity contribution >= 4 is 0 Å². The van der Waals surface area contributed by atoms with Crippen molar-refractivity contribution in [3.05, 3.63) is 52.8 Å². The van der Waals surface area contributed by atoms with E-state index in [2.05, 4.69) is 31.0 Å². The van der Waals surface area contributed by atoms with Crippen LogP contribution in [0.1, 0.15) is 47.9 Å². The van der Waals surface area contributed by atoms with Crippen LogP contribution in [0, 0.1) is 18.3 Å². The third-order valence-corrected chi connectivity index (χ3v) is 3.64. The monoisotopic (exact) mass is 268 g/mol. The largest absolute Gasteiger partial charge is 0.496 e. The zero-order valence-electron chi connectivity index (χ0n) is 12.4. The van der Waals surface area contributed by atoms with Gasteiger partial charge in [-0.15, -0.1) is 0 Å². The van der Waals surface area contributed by atoms with Crippen LogP contribution in [0.15, 0.2) is 30.6 Å². The Bertz CT molecular complexity index is 621. The zero-order valence-corrected chi connectivity index (χ0v) is 12.4. The first-order valence-corrected chi connectivity index (χ1v) is 6.79. The number of nitrogens with zero attached hydrogens (tertiary/aromatic N) is 1. The Morgan fingerprint density at radius 2 is 2.00 bits per heavy atom. The summed E-state index contributed by atoms with van der Waals surface area (Å²) in [6, 6.07) is 8.50. The number of ether oxygens (including phenoxy) is 1. The number of hydrogen-bond acceptors (Lipinski definition) is 2. The summed E-state index contributed by atoms with van der Waals surface area (Å²) in [6.45, 7) is 6.29. The third kappa shape index (κ3) is 2.55. The average Bonchev–Trinajstić information content (AvgIpc) is 2.94. The van der Waals surface area contributed by atoms with Crippen LogP contribution in [-0.2, 0) is 0 Å². The lowest BCUT2D eigenvalue weighted by Crippen LogP contribution is -2.04. The van der Waals surface area contributed by atoms with Gasteiger partial charge in [0.1, 0.15) is 5.75 Å². The number of aryl methyl sites for hydroxylation is 1. The second kappa shape index (κ2) is 5.83. The number of aromatic amines is 1. The molecule has 0 fully saturated rings. The smallest absolute Gasteiger partial charge is 0.122 e. The van der Waals surface area contributed by atoms with E-state index in [0.717, 1.165) is 28.0 Å². The molecule has 0 radical (unpaired) electrons. The molecule has 1 aromatic heterocycles. The molecule has 2 aromatic rings. The lowest BCUT2D eigenvalue weighted by atomic mass is 9.87. The minimum absolute atomic E-state index is 0.246. The van der Waals surface area contributed by atoms with Gasteiger partial charge in [0, 0.05) is 12.4 Å². The van der Waals surface area contributed by atoms with Crippen molar-refractivity contribution in [3.63, 3.8) is 0 Å². The highest BCUT2D eigenvalue weighted by Gasteiger charge is 2.19. The maximum atomic E-state index is 9.54. The van der Waals surface area contributed by atoms with Crippen LogP contribution in [0.3, 0.4) is 0 Å². The number of nitriles is 1.